The zero-order valence-electron chi connectivity index (χ0n) is 12.4. The summed E-state index contributed by atoms with van der Waals surface area (Å²) in [5.41, 5.74) is 0.779. The lowest BCUT2D eigenvalue weighted by Gasteiger charge is -2.25. The molecule has 0 spiro atoms. The molecule has 6 nitrogen and oxygen atoms in total. The molecule has 1 aliphatic carbocycles. The molecule has 1 aromatic carbocycles. The molecule has 2 unspecified atom stereocenters. The van der Waals surface area contributed by atoms with E-state index in [9.17, 15) is 10.1 Å². The summed E-state index contributed by atoms with van der Waals surface area (Å²) < 4.78 is 16.0. The topological polar surface area (TPSA) is 70.8 Å². The van der Waals surface area contributed by atoms with Gasteiger partial charge in [0.15, 0.2) is 11.5 Å². The highest BCUT2D eigenvalue weighted by Gasteiger charge is 2.36. The summed E-state index contributed by atoms with van der Waals surface area (Å²) >= 11 is 0. The first-order valence-corrected chi connectivity index (χ1v) is 6.71. The predicted octanol–water partition coefficient (Wildman–Crippen LogP) is 2.79. The summed E-state index contributed by atoms with van der Waals surface area (Å²) in [6, 6.07) is 2.92. The maximum absolute atomic E-state index is 11.3. The van der Waals surface area contributed by atoms with Crippen LogP contribution in [0.3, 0.4) is 0 Å². The summed E-state index contributed by atoms with van der Waals surface area (Å²) in [4.78, 5) is 11.1. The van der Waals surface area contributed by atoms with Gasteiger partial charge >= 0.3 is 0 Å². The summed E-state index contributed by atoms with van der Waals surface area (Å²) in [5, 5.41) is 11.3. The van der Waals surface area contributed by atoms with Crippen molar-refractivity contribution >= 4 is 0 Å². The summed E-state index contributed by atoms with van der Waals surface area (Å²) in [5.74, 6) is 1.28. The Kier molecular flexibility index (Phi) is 4.67. The van der Waals surface area contributed by atoms with Crippen LogP contribution in [0.5, 0.6) is 17.2 Å². The van der Waals surface area contributed by atoms with Gasteiger partial charge in [0.05, 0.1) is 27.2 Å². The molecule has 1 aromatic rings. The number of methoxy groups -OCH3 is 3. The van der Waals surface area contributed by atoms with E-state index in [1.165, 1.54) is 14.2 Å². The smallest absolute Gasteiger partial charge is 0.223 e. The standard InChI is InChI=1S/C15H19NO5/c1-19-13-9-8-11(14(20-2)15(13)21-3)10-6-4-5-7-12(10)16(17)18/h4-5,8-10,12H,6-7H2,1-3H3. The van der Waals surface area contributed by atoms with Crippen LogP contribution in [-0.4, -0.2) is 32.3 Å². The Bertz CT molecular complexity index is 555. The molecule has 21 heavy (non-hydrogen) atoms. The predicted molar refractivity (Wildman–Crippen MR) is 78.0 cm³/mol. The van der Waals surface area contributed by atoms with Crippen molar-refractivity contribution in [3.05, 3.63) is 40.0 Å². The van der Waals surface area contributed by atoms with Gasteiger partial charge in [-0.25, -0.2) is 0 Å². The number of rotatable bonds is 5. The van der Waals surface area contributed by atoms with Gasteiger partial charge in [0, 0.05) is 16.9 Å². The molecule has 0 aromatic heterocycles. The highest BCUT2D eigenvalue weighted by Crippen LogP contribution is 2.45. The third-order valence-corrected chi connectivity index (χ3v) is 3.80. The van der Waals surface area contributed by atoms with Crippen molar-refractivity contribution in [3.8, 4) is 17.2 Å². The summed E-state index contributed by atoms with van der Waals surface area (Å²) in [7, 11) is 4.59. The fourth-order valence-corrected chi connectivity index (χ4v) is 2.78. The minimum absolute atomic E-state index is 0.218. The van der Waals surface area contributed by atoms with E-state index in [1.54, 1.807) is 13.2 Å². The zero-order chi connectivity index (χ0) is 15.4. The van der Waals surface area contributed by atoms with Crippen LogP contribution in [0.4, 0.5) is 0 Å². The second-order valence-corrected chi connectivity index (χ2v) is 4.83. The highest BCUT2D eigenvalue weighted by molar-refractivity contribution is 5.57. The monoisotopic (exact) mass is 293 g/mol. The van der Waals surface area contributed by atoms with Crippen molar-refractivity contribution in [2.75, 3.05) is 21.3 Å². The van der Waals surface area contributed by atoms with Gasteiger partial charge in [-0.3, -0.25) is 10.1 Å². The van der Waals surface area contributed by atoms with E-state index in [1.807, 2.05) is 18.2 Å². The molecule has 0 saturated carbocycles. The van der Waals surface area contributed by atoms with Crippen molar-refractivity contribution in [1.29, 1.82) is 0 Å². The van der Waals surface area contributed by atoms with Crippen LogP contribution in [0.1, 0.15) is 24.3 Å². The van der Waals surface area contributed by atoms with Gasteiger partial charge < -0.3 is 14.2 Å². The lowest BCUT2D eigenvalue weighted by molar-refractivity contribution is -0.526. The van der Waals surface area contributed by atoms with Crippen LogP contribution in [0.2, 0.25) is 0 Å². The van der Waals surface area contributed by atoms with Gasteiger partial charge in [-0.1, -0.05) is 18.2 Å². The van der Waals surface area contributed by atoms with E-state index in [-0.39, 0.29) is 10.8 Å². The van der Waals surface area contributed by atoms with E-state index in [4.69, 9.17) is 14.2 Å². The zero-order valence-corrected chi connectivity index (χ0v) is 12.4. The van der Waals surface area contributed by atoms with Crippen molar-refractivity contribution < 1.29 is 19.1 Å². The van der Waals surface area contributed by atoms with E-state index in [2.05, 4.69) is 0 Å². The van der Waals surface area contributed by atoms with Gasteiger partial charge in [-0.05, 0) is 12.5 Å². The second-order valence-electron chi connectivity index (χ2n) is 4.83. The molecule has 2 atom stereocenters. The number of allylic oxidation sites excluding steroid dienone is 1. The molecule has 0 fully saturated rings. The van der Waals surface area contributed by atoms with Gasteiger partial charge in [-0.15, -0.1) is 0 Å². The van der Waals surface area contributed by atoms with Crippen LogP contribution < -0.4 is 14.2 Å². The Morgan fingerprint density at radius 2 is 1.71 bits per heavy atom. The molecule has 0 amide bonds. The van der Waals surface area contributed by atoms with Crippen molar-refractivity contribution in [2.45, 2.75) is 24.8 Å². The lowest BCUT2D eigenvalue weighted by atomic mass is 9.83. The number of hydrogen-bond acceptors (Lipinski definition) is 5. The quantitative estimate of drug-likeness (QED) is 0.474. The van der Waals surface area contributed by atoms with Gasteiger partial charge in [-0.2, -0.15) is 0 Å². The molecule has 114 valence electrons. The molecule has 0 radical (unpaired) electrons. The fourth-order valence-electron chi connectivity index (χ4n) is 2.78. The van der Waals surface area contributed by atoms with Crippen molar-refractivity contribution in [1.82, 2.24) is 0 Å². The highest BCUT2D eigenvalue weighted by atomic mass is 16.6. The first-order chi connectivity index (χ1) is 10.1. The molecule has 0 bridgehead atoms. The summed E-state index contributed by atoms with van der Waals surface area (Å²) in [6.45, 7) is 0. The van der Waals surface area contributed by atoms with E-state index >= 15 is 0 Å². The Morgan fingerprint density at radius 1 is 1.05 bits per heavy atom. The molecular weight excluding hydrogens is 274 g/mol. The Hall–Kier alpha value is -2.24. The molecule has 0 aliphatic heterocycles. The minimum Gasteiger partial charge on any atom is -0.493 e. The van der Waals surface area contributed by atoms with Gasteiger partial charge in [0.25, 0.3) is 0 Å². The number of benzene rings is 1. The molecule has 2 rings (SSSR count). The third kappa shape index (κ3) is 2.79. The number of nitro groups is 1. The largest absolute Gasteiger partial charge is 0.493 e. The number of ether oxygens (including phenoxy) is 3. The maximum atomic E-state index is 11.3. The Balaban J connectivity index is 2.52. The molecule has 1 aliphatic rings. The van der Waals surface area contributed by atoms with Crippen LogP contribution in [0.25, 0.3) is 0 Å². The van der Waals surface area contributed by atoms with Crippen LogP contribution in [0.15, 0.2) is 24.3 Å². The lowest BCUT2D eigenvalue weighted by Crippen LogP contribution is -2.29. The molecule has 0 heterocycles. The van der Waals surface area contributed by atoms with Crippen LogP contribution in [0, 0.1) is 10.1 Å². The van der Waals surface area contributed by atoms with E-state index in [0.29, 0.717) is 30.1 Å². The number of nitrogens with zero attached hydrogens (tertiary/aromatic N) is 1. The van der Waals surface area contributed by atoms with Gasteiger partial charge in [0.2, 0.25) is 11.8 Å². The van der Waals surface area contributed by atoms with Crippen LogP contribution >= 0.6 is 0 Å². The number of hydrogen-bond donors (Lipinski definition) is 0. The average Bonchev–Trinajstić information content (AvgIpc) is 2.53. The fraction of sp³-hybridized carbons (Fsp3) is 0.467. The van der Waals surface area contributed by atoms with Crippen molar-refractivity contribution in [2.24, 2.45) is 0 Å². The Morgan fingerprint density at radius 3 is 2.29 bits per heavy atom. The average molecular weight is 293 g/mol. The summed E-state index contributed by atoms with van der Waals surface area (Å²) in [6.07, 6.45) is 4.87. The second kappa shape index (κ2) is 6.47. The molecule has 0 N–H and O–H groups in total. The van der Waals surface area contributed by atoms with Gasteiger partial charge in [0.1, 0.15) is 0 Å². The van der Waals surface area contributed by atoms with E-state index < -0.39 is 6.04 Å². The normalized spacial score (nSPS) is 20.9. The maximum Gasteiger partial charge on any atom is 0.223 e. The van der Waals surface area contributed by atoms with Crippen molar-refractivity contribution in [3.63, 3.8) is 0 Å². The first kappa shape index (κ1) is 15.2. The first-order valence-electron chi connectivity index (χ1n) is 6.71. The molecule has 6 heteroatoms. The van der Waals surface area contributed by atoms with Crippen LogP contribution in [-0.2, 0) is 0 Å². The van der Waals surface area contributed by atoms with E-state index in [0.717, 1.165) is 5.56 Å². The SMILES string of the molecule is COc1ccc(C2CC=CCC2[N+](=O)[O-])c(OC)c1OC. The Labute approximate surface area is 123 Å². The molecular formula is C15H19NO5. The molecule has 0 saturated heterocycles. The minimum atomic E-state index is -0.651. The third-order valence-electron chi connectivity index (χ3n) is 3.80.